The largest absolute Gasteiger partial charge is 0.490 e. The molecule has 10 heteroatoms. The number of amides is 1. The average molecular weight is 623 g/mol. The molecule has 45 heavy (non-hydrogen) atoms. The predicted octanol–water partition coefficient (Wildman–Crippen LogP) is 6.94. The molecule has 1 aliphatic heterocycles. The summed E-state index contributed by atoms with van der Waals surface area (Å²) in [5.41, 5.74) is 3.02. The second-order valence-corrected chi connectivity index (χ2v) is 11.4. The van der Waals surface area contributed by atoms with Gasteiger partial charge in [0.1, 0.15) is 23.7 Å². The van der Waals surface area contributed by atoms with Gasteiger partial charge in [-0.05, 0) is 56.2 Å². The third-order valence-corrected chi connectivity index (χ3v) is 8.49. The lowest BCUT2D eigenvalue weighted by Crippen LogP contribution is -2.29. The first kappa shape index (κ1) is 29.8. The Hall–Kier alpha value is -5.22. The quantitative estimate of drug-likeness (QED) is 0.122. The Morgan fingerprint density at radius 2 is 1.84 bits per heavy atom. The highest BCUT2D eigenvalue weighted by atomic mass is 32.1. The van der Waals surface area contributed by atoms with Crippen LogP contribution in [0.25, 0.3) is 11.0 Å². The van der Waals surface area contributed by atoms with Gasteiger partial charge in [0.05, 0.1) is 29.3 Å². The van der Waals surface area contributed by atoms with Crippen LogP contribution in [0, 0.1) is 13.8 Å². The van der Waals surface area contributed by atoms with Gasteiger partial charge in [-0.2, -0.15) is 0 Å². The van der Waals surface area contributed by atoms with Crippen molar-refractivity contribution in [2.45, 2.75) is 33.4 Å². The minimum atomic E-state index is -0.918. The lowest BCUT2D eigenvalue weighted by Gasteiger charge is -2.23. The number of fused-ring (bicyclic) bond motifs is 2. The summed E-state index contributed by atoms with van der Waals surface area (Å²) in [6.07, 6.45) is 1.47. The van der Waals surface area contributed by atoms with E-state index < -0.39 is 17.9 Å². The molecule has 3 heterocycles. The van der Waals surface area contributed by atoms with Crippen molar-refractivity contribution in [1.82, 2.24) is 4.98 Å². The van der Waals surface area contributed by atoms with Crippen LogP contribution in [0.4, 0.5) is 5.13 Å². The van der Waals surface area contributed by atoms with Crippen molar-refractivity contribution in [1.29, 1.82) is 0 Å². The van der Waals surface area contributed by atoms with Crippen molar-refractivity contribution >= 4 is 39.3 Å². The van der Waals surface area contributed by atoms with Gasteiger partial charge in [0.2, 0.25) is 5.76 Å². The van der Waals surface area contributed by atoms with E-state index in [0.717, 1.165) is 22.5 Å². The maximum absolute atomic E-state index is 14.1. The van der Waals surface area contributed by atoms with E-state index in [9.17, 15) is 14.4 Å². The highest BCUT2D eigenvalue weighted by Gasteiger charge is 2.45. The molecule has 1 aliphatic rings. The number of aryl methyl sites for hydroxylation is 2. The fraction of sp³-hybridized carbons (Fsp3) is 0.200. The van der Waals surface area contributed by atoms with Crippen LogP contribution in [0.2, 0.25) is 0 Å². The zero-order valence-electron chi connectivity index (χ0n) is 25.0. The van der Waals surface area contributed by atoms with Crippen molar-refractivity contribution in [2.24, 2.45) is 0 Å². The monoisotopic (exact) mass is 622 g/mol. The molecular weight excluding hydrogens is 592 g/mol. The Morgan fingerprint density at radius 3 is 2.60 bits per heavy atom. The molecule has 0 N–H and O–H groups in total. The predicted molar refractivity (Wildman–Crippen MR) is 172 cm³/mol. The number of aromatic nitrogens is 1. The van der Waals surface area contributed by atoms with E-state index in [1.54, 1.807) is 37.3 Å². The molecule has 1 amide bonds. The Balaban J connectivity index is 1.49. The van der Waals surface area contributed by atoms with E-state index in [-0.39, 0.29) is 33.4 Å². The number of benzene rings is 3. The van der Waals surface area contributed by atoms with E-state index in [1.165, 1.54) is 11.0 Å². The summed E-state index contributed by atoms with van der Waals surface area (Å²) in [5, 5.41) is 0.590. The highest BCUT2D eigenvalue weighted by molar-refractivity contribution is 7.17. The summed E-state index contributed by atoms with van der Waals surface area (Å²) in [6.45, 7) is 9.72. The van der Waals surface area contributed by atoms with Crippen molar-refractivity contribution in [3.63, 3.8) is 0 Å². The number of rotatable bonds is 10. The first-order valence-corrected chi connectivity index (χ1v) is 15.2. The van der Waals surface area contributed by atoms with Crippen molar-refractivity contribution in [3.8, 4) is 11.5 Å². The van der Waals surface area contributed by atoms with E-state index in [2.05, 4.69) is 11.6 Å². The van der Waals surface area contributed by atoms with E-state index in [0.29, 0.717) is 46.9 Å². The van der Waals surface area contributed by atoms with Crippen molar-refractivity contribution in [2.75, 3.05) is 18.1 Å². The first-order valence-electron chi connectivity index (χ1n) is 14.4. The SMILES string of the molecule is C=CCOC(=O)c1sc(N2C(=O)c3oc4ccc(C)cc4c(=O)c3C2c2ccc(OCc3ccccc3)c(OCC)c2)nc1C. The van der Waals surface area contributed by atoms with Crippen LogP contribution in [0.15, 0.2) is 88.6 Å². The molecule has 0 saturated heterocycles. The Morgan fingerprint density at radius 1 is 1.04 bits per heavy atom. The second-order valence-electron chi connectivity index (χ2n) is 10.5. The maximum Gasteiger partial charge on any atom is 0.350 e. The summed E-state index contributed by atoms with van der Waals surface area (Å²) in [4.78, 5) is 47.2. The summed E-state index contributed by atoms with van der Waals surface area (Å²) >= 11 is 1.01. The molecule has 3 aromatic carbocycles. The van der Waals surface area contributed by atoms with E-state index in [4.69, 9.17) is 18.6 Å². The smallest absolute Gasteiger partial charge is 0.350 e. The molecular formula is C35H30N2O7S. The summed E-state index contributed by atoms with van der Waals surface area (Å²) in [7, 11) is 0. The number of carbonyl (C=O) groups excluding carboxylic acids is 2. The maximum atomic E-state index is 14.1. The number of anilines is 1. The number of hydrogen-bond acceptors (Lipinski definition) is 9. The third-order valence-electron chi connectivity index (χ3n) is 7.36. The van der Waals surface area contributed by atoms with Crippen LogP contribution in [-0.4, -0.2) is 30.1 Å². The van der Waals surface area contributed by atoms with Crippen molar-refractivity contribution < 1.29 is 28.2 Å². The Labute approximate surface area is 263 Å². The minimum Gasteiger partial charge on any atom is -0.490 e. The van der Waals surface area contributed by atoms with Crippen LogP contribution >= 0.6 is 11.3 Å². The van der Waals surface area contributed by atoms with Crippen LogP contribution < -0.4 is 19.8 Å². The van der Waals surface area contributed by atoms with Gasteiger partial charge in [-0.3, -0.25) is 14.5 Å². The number of carbonyl (C=O) groups is 2. The summed E-state index contributed by atoms with van der Waals surface area (Å²) in [5.74, 6) is -0.231. The van der Waals surface area contributed by atoms with Crippen molar-refractivity contribution in [3.05, 3.63) is 128 Å². The molecule has 5 aromatic rings. The third kappa shape index (κ3) is 5.60. The Kier molecular flexibility index (Phi) is 8.23. The zero-order valence-corrected chi connectivity index (χ0v) is 25.8. The summed E-state index contributed by atoms with van der Waals surface area (Å²) < 4.78 is 23.4. The molecule has 1 atom stereocenters. The molecule has 0 bridgehead atoms. The molecule has 9 nitrogen and oxygen atoms in total. The van der Waals surface area contributed by atoms with Crippen LogP contribution in [0.5, 0.6) is 11.5 Å². The van der Waals surface area contributed by atoms with Gasteiger partial charge >= 0.3 is 5.97 Å². The standard InChI is InChI=1S/C35H30N2O7S/c1-5-16-42-34(40)32-21(4)36-35(45-32)37-29(28-30(38)24-17-20(3)12-14-25(24)44-31(28)33(37)39)23-13-15-26(27(18-23)41-6-2)43-19-22-10-8-7-9-11-22/h5,7-15,17-18,29H,1,6,16,19H2,2-4H3. The van der Waals surface area contributed by atoms with E-state index >= 15 is 0 Å². The highest BCUT2D eigenvalue weighted by Crippen LogP contribution is 2.45. The van der Waals surface area contributed by atoms with Crippen LogP contribution in [-0.2, 0) is 11.3 Å². The number of ether oxygens (including phenoxy) is 3. The number of esters is 1. The lowest BCUT2D eigenvalue weighted by molar-refractivity contribution is 0.0554. The van der Waals surface area contributed by atoms with Gasteiger partial charge in [-0.1, -0.05) is 72.0 Å². The molecule has 0 aliphatic carbocycles. The fourth-order valence-electron chi connectivity index (χ4n) is 5.29. The van der Waals surface area contributed by atoms with Gasteiger partial charge in [0.15, 0.2) is 22.1 Å². The molecule has 2 aromatic heterocycles. The normalized spacial score (nSPS) is 14.0. The molecule has 0 fully saturated rings. The van der Waals surface area contributed by atoms with E-state index in [1.807, 2.05) is 50.2 Å². The average Bonchev–Trinajstić information content (AvgIpc) is 3.57. The van der Waals surface area contributed by atoms with Crippen LogP contribution in [0.3, 0.4) is 0 Å². The molecule has 0 saturated carbocycles. The molecule has 228 valence electrons. The van der Waals surface area contributed by atoms with Gasteiger partial charge in [-0.15, -0.1) is 0 Å². The number of nitrogens with zero attached hydrogens (tertiary/aromatic N) is 2. The molecule has 6 rings (SSSR count). The lowest BCUT2D eigenvalue weighted by atomic mass is 9.98. The first-order chi connectivity index (χ1) is 21.8. The minimum absolute atomic E-state index is 0.0333. The molecule has 0 spiro atoms. The molecule has 1 unspecified atom stereocenters. The van der Waals surface area contributed by atoms with Gasteiger partial charge < -0.3 is 18.6 Å². The summed E-state index contributed by atoms with van der Waals surface area (Å²) in [6, 6.07) is 19.4. The molecule has 0 radical (unpaired) electrons. The topological polar surface area (TPSA) is 108 Å². The van der Waals surface area contributed by atoms with Gasteiger partial charge in [0, 0.05) is 0 Å². The Bertz CT molecular complexity index is 2000. The van der Waals surface area contributed by atoms with Gasteiger partial charge in [0.25, 0.3) is 5.91 Å². The fourth-order valence-corrected chi connectivity index (χ4v) is 6.28. The van der Waals surface area contributed by atoms with Crippen LogP contribution in [0.1, 0.15) is 61.1 Å². The van der Waals surface area contributed by atoms with Gasteiger partial charge in [-0.25, -0.2) is 9.78 Å². The number of thiazole rings is 1. The second kappa shape index (κ2) is 12.4. The zero-order chi connectivity index (χ0) is 31.7. The number of hydrogen-bond donors (Lipinski definition) is 0.